The molecule has 1 N–H and O–H groups in total. The van der Waals surface area contributed by atoms with E-state index in [1.54, 1.807) is 6.20 Å². The zero-order chi connectivity index (χ0) is 17.1. The molecule has 1 fully saturated rings. The second-order valence-electron chi connectivity index (χ2n) is 6.47. The van der Waals surface area contributed by atoms with Crippen molar-refractivity contribution in [1.29, 1.82) is 0 Å². The number of aromatic nitrogens is 3. The number of rotatable bonds is 4. The minimum atomic E-state index is -0.345. The van der Waals surface area contributed by atoms with Gasteiger partial charge in [0, 0.05) is 25.6 Å². The third kappa shape index (κ3) is 3.39. The van der Waals surface area contributed by atoms with E-state index < -0.39 is 0 Å². The van der Waals surface area contributed by atoms with Crippen molar-refractivity contribution >= 4 is 17.6 Å². The van der Waals surface area contributed by atoms with Crippen LogP contribution in [-0.4, -0.2) is 35.1 Å². The first-order chi connectivity index (χ1) is 11.6. The van der Waals surface area contributed by atoms with E-state index in [2.05, 4.69) is 20.4 Å². The maximum absolute atomic E-state index is 12.3. The van der Waals surface area contributed by atoms with E-state index in [-0.39, 0.29) is 11.6 Å². The summed E-state index contributed by atoms with van der Waals surface area (Å²) in [6.45, 7) is 1.94. The van der Waals surface area contributed by atoms with Gasteiger partial charge in [-0.1, -0.05) is 24.4 Å². The van der Waals surface area contributed by atoms with Crippen LogP contribution in [0.15, 0.2) is 16.9 Å². The van der Waals surface area contributed by atoms with Gasteiger partial charge in [0.15, 0.2) is 0 Å². The molecular weight excluding hydrogens is 306 g/mol. The highest BCUT2D eigenvalue weighted by Crippen LogP contribution is 2.35. The Morgan fingerprint density at radius 2 is 1.96 bits per heavy atom. The van der Waals surface area contributed by atoms with E-state index in [9.17, 15) is 4.79 Å². The lowest BCUT2D eigenvalue weighted by atomic mass is 9.86. The van der Waals surface area contributed by atoms with E-state index >= 15 is 0 Å². The van der Waals surface area contributed by atoms with E-state index in [1.807, 2.05) is 25.9 Å². The Labute approximate surface area is 141 Å². The van der Waals surface area contributed by atoms with E-state index in [4.69, 9.17) is 4.52 Å². The minimum Gasteiger partial charge on any atom is -0.361 e. The topological polar surface area (TPSA) is 84.2 Å². The first-order valence-corrected chi connectivity index (χ1v) is 8.33. The number of hydrogen-bond acceptors (Lipinski definition) is 6. The van der Waals surface area contributed by atoms with Gasteiger partial charge in [-0.25, -0.2) is 9.97 Å². The van der Waals surface area contributed by atoms with E-state index in [0.717, 1.165) is 24.1 Å². The van der Waals surface area contributed by atoms with Crippen molar-refractivity contribution in [2.75, 3.05) is 24.3 Å². The predicted molar refractivity (Wildman–Crippen MR) is 91.4 cm³/mol. The lowest BCUT2D eigenvalue weighted by molar-refractivity contribution is 0.101. The molecule has 7 heteroatoms. The zero-order valence-electron chi connectivity index (χ0n) is 14.4. The predicted octanol–water partition coefficient (Wildman–Crippen LogP) is 3.14. The molecule has 2 aromatic rings. The molecule has 0 spiro atoms. The second-order valence-corrected chi connectivity index (χ2v) is 6.47. The van der Waals surface area contributed by atoms with Crippen molar-refractivity contribution < 1.29 is 9.32 Å². The summed E-state index contributed by atoms with van der Waals surface area (Å²) in [5, 5.41) is 6.94. The van der Waals surface area contributed by atoms with Gasteiger partial charge < -0.3 is 9.42 Å². The molecule has 1 amide bonds. The second kappa shape index (κ2) is 6.98. The Balaban J connectivity index is 1.71. The molecule has 2 heterocycles. The molecule has 24 heavy (non-hydrogen) atoms. The minimum absolute atomic E-state index is 0.246. The molecule has 0 aromatic carbocycles. The van der Waals surface area contributed by atoms with Crippen molar-refractivity contribution in [1.82, 2.24) is 15.1 Å². The van der Waals surface area contributed by atoms with Crippen LogP contribution in [0, 0.1) is 6.92 Å². The van der Waals surface area contributed by atoms with Crippen LogP contribution in [0.25, 0.3) is 0 Å². The number of hydrogen-bond donors (Lipinski definition) is 1. The fourth-order valence-electron chi connectivity index (χ4n) is 3.06. The maximum atomic E-state index is 12.3. The van der Waals surface area contributed by atoms with Gasteiger partial charge in [0.1, 0.15) is 11.5 Å². The summed E-state index contributed by atoms with van der Waals surface area (Å²) < 4.78 is 5.36. The van der Waals surface area contributed by atoms with Crippen LogP contribution in [0.3, 0.4) is 0 Å². The summed E-state index contributed by atoms with van der Waals surface area (Å²) in [5.41, 5.74) is 2.13. The van der Waals surface area contributed by atoms with Crippen LogP contribution in [0.4, 0.5) is 11.7 Å². The van der Waals surface area contributed by atoms with E-state index in [1.165, 1.54) is 25.5 Å². The molecule has 2 aromatic heterocycles. The van der Waals surface area contributed by atoms with Crippen LogP contribution >= 0.6 is 0 Å². The number of amides is 1. The van der Waals surface area contributed by atoms with Crippen LogP contribution in [-0.2, 0) is 0 Å². The van der Waals surface area contributed by atoms with Gasteiger partial charge in [0.2, 0.25) is 5.88 Å². The molecule has 0 unspecified atom stereocenters. The Morgan fingerprint density at radius 1 is 1.21 bits per heavy atom. The largest absolute Gasteiger partial charge is 0.361 e. The van der Waals surface area contributed by atoms with Crippen molar-refractivity contribution in [2.24, 2.45) is 0 Å². The molecule has 0 saturated heterocycles. The van der Waals surface area contributed by atoms with Crippen LogP contribution in [0.2, 0.25) is 0 Å². The number of nitrogens with one attached hydrogen (secondary N) is 1. The molecule has 0 radical (unpaired) electrons. The van der Waals surface area contributed by atoms with Crippen molar-refractivity contribution in [2.45, 2.75) is 44.9 Å². The lowest BCUT2D eigenvalue weighted by Gasteiger charge is -2.19. The van der Waals surface area contributed by atoms with Gasteiger partial charge in [-0.2, -0.15) is 0 Å². The standard InChI is InChI=1S/C17H23N5O2/c1-11-15(12-7-5-4-6-8-12)21-24-17(11)20-16(23)13-9-19-14(10-18-13)22(2)3/h9-10,12H,4-8H2,1-3H3,(H,20,23). The van der Waals surface area contributed by atoms with Gasteiger partial charge in [-0.3, -0.25) is 10.1 Å². The average Bonchev–Trinajstić information content (AvgIpc) is 2.96. The fourth-order valence-corrected chi connectivity index (χ4v) is 3.06. The maximum Gasteiger partial charge on any atom is 0.278 e. The number of anilines is 2. The highest BCUT2D eigenvalue weighted by atomic mass is 16.5. The SMILES string of the molecule is Cc1c(C2CCCCC2)noc1NC(=O)c1cnc(N(C)C)cn1. The van der Waals surface area contributed by atoms with Crippen molar-refractivity contribution in [3.05, 3.63) is 29.3 Å². The first kappa shape index (κ1) is 16.4. The van der Waals surface area contributed by atoms with Gasteiger partial charge in [0.25, 0.3) is 5.91 Å². The Hall–Kier alpha value is -2.44. The Bertz CT molecular complexity index is 702. The monoisotopic (exact) mass is 329 g/mol. The summed E-state index contributed by atoms with van der Waals surface area (Å²) >= 11 is 0. The third-order valence-corrected chi connectivity index (χ3v) is 4.51. The van der Waals surface area contributed by atoms with Gasteiger partial charge >= 0.3 is 0 Å². The molecule has 3 rings (SSSR count). The molecule has 128 valence electrons. The van der Waals surface area contributed by atoms with Gasteiger partial charge in [-0.15, -0.1) is 0 Å². The number of carbonyl (C=O) groups excluding carboxylic acids is 1. The highest BCUT2D eigenvalue weighted by Gasteiger charge is 2.24. The van der Waals surface area contributed by atoms with Gasteiger partial charge in [-0.05, 0) is 19.8 Å². The first-order valence-electron chi connectivity index (χ1n) is 8.33. The highest BCUT2D eigenvalue weighted by molar-refractivity contribution is 6.02. The van der Waals surface area contributed by atoms with Crippen molar-refractivity contribution in [3.8, 4) is 0 Å². The summed E-state index contributed by atoms with van der Waals surface area (Å²) in [4.78, 5) is 22.5. The Kier molecular flexibility index (Phi) is 4.78. The molecule has 7 nitrogen and oxygen atoms in total. The summed E-state index contributed by atoms with van der Waals surface area (Å²) in [7, 11) is 3.74. The lowest BCUT2D eigenvalue weighted by Crippen LogP contribution is -2.16. The fraction of sp³-hybridized carbons (Fsp3) is 0.529. The summed E-state index contributed by atoms with van der Waals surface area (Å²) in [6.07, 6.45) is 9.04. The quantitative estimate of drug-likeness (QED) is 0.927. The number of nitrogens with zero attached hydrogens (tertiary/aromatic N) is 4. The molecule has 1 aliphatic rings. The molecule has 0 aliphatic heterocycles. The van der Waals surface area contributed by atoms with Gasteiger partial charge in [0.05, 0.1) is 18.1 Å². The normalized spacial score (nSPS) is 15.3. The molecule has 0 bridgehead atoms. The molecular formula is C17H23N5O2. The summed E-state index contributed by atoms with van der Waals surface area (Å²) in [6, 6.07) is 0. The van der Waals surface area contributed by atoms with E-state index in [0.29, 0.717) is 17.6 Å². The molecule has 1 aliphatic carbocycles. The Morgan fingerprint density at radius 3 is 2.58 bits per heavy atom. The average molecular weight is 329 g/mol. The van der Waals surface area contributed by atoms with Crippen LogP contribution < -0.4 is 10.2 Å². The smallest absolute Gasteiger partial charge is 0.278 e. The number of carbonyl (C=O) groups is 1. The summed E-state index contributed by atoms with van der Waals surface area (Å²) in [5.74, 6) is 1.19. The van der Waals surface area contributed by atoms with Crippen LogP contribution in [0.1, 0.15) is 59.8 Å². The third-order valence-electron chi connectivity index (χ3n) is 4.51. The zero-order valence-corrected chi connectivity index (χ0v) is 14.4. The molecule has 0 atom stereocenters. The van der Waals surface area contributed by atoms with Crippen molar-refractivity contribution in [3.63, 3.8) is 0 Å². The molecule has 1 saturated carbocycles. The van der Waals surface area contributed by atoms with Crippen LogP contribution in [0.5, 0.6) is 0 Å².